The highest BCUT2D eigenvalue weighted by Gasteiger charge is 2.37. The highest BCUT2D eigenvalue weighted by Crippen LogP contribution is 2.35. The number of aliphatic hydroxyl groups is 1. The largest absolute Gasteiger partial charge is 0.391 e. The molecule has 3 aromatic rings. The van der Waals surface area contributed by atoms with Gasteiger partial charge >= 0.3 is 0 Å². The van der Waals surface area contributed by atoms with E-state index >= 15 is 0 Å². The Hall–Kier alpha value is -2.87. The number of hydrogen-bond donors (Lipinski definition) is 2. The predicted molar refractivity (Wildman–Crippen MR) is 84.6 cm³/mol. The van der Waals surface area contributed by atoms with Crippen LogP contribution in [0.1, 0.15) is 28.4 Å². The summed E-state index contributed by atoms with van der Waals surface area (Å²) < 4.78 is 27.7. The van der Waals surface area contributed by atoms with E-state index in [9.17, 15) is 18.7 Å². The van der Waals surface area contributed by atoms with Crippen LogP contribution in [-0.2, 0) is 0 Å². The number of benzene rings is 2. The monoisotopic (exact) mass is 344 g/mol. The number of nitrogens with one attached hydrogen (secondary N) is 1. The second kappa shape index (κ2) is 5.89. The molecule has 2 aromatic carbocycles. The molecule has 8 heteroatoms. The minimum absolute atomic E-state index is 0.0519. The van der Waals surface area contributed by atoms with Gasteiger partial charge in [-0.15, -0.1) is 0 Å². The van der Waals surface area contributed by atoms with E-state index in [0.717, 1.165) is 18.2 Å². The summed E-state index contributed by atoms with van der Waals surface area (Å²) in [5.41, 5.74) is 1.55. The fraction of sp³-hybridized carbons (Fsp3) is 0.235. The van der Waals surface area contributed by atoms with Gasteiger partial charge in [0.05, 0.1) is 12.1 Å². The van der Waals surface area contributed by atoms with E-state index in [-0.39, 0.29) is 24.4 Å². The highest BCUT2D eigenvalue weighted by molar-refractivity contribution is 5.97. The number of amides is 1. The van der Waals surface area contributed by atoms with Gasteiger partial charge in [0, 0.05) is 17.7 Å². The molecule has 1 saturated heterocycles. The standard InChI is InChI=1S/C17H14F2N4O2/c18-10-2-3-13(19)12(6-10)16-7-11(24)8-23(16)17(25)9-1-4-14-15(5-9)21-22-20-14/h1-6,11,16,24H,7-8H2,(H,20,21,22)/t11-,16-/m0/s1. The van der Waals surface area contributed by atoms with Crippen LogP contribution >= 0.6 is 0 Å². The summed E-state index contributed by atoms with van der Waals surface area (Å²) in [6, 6.07) is 7.21. The van der Waals surface area contributed by atoms with Crippen LogP contribution in [0.5, 0.6) is 0 Å². The Morgan fingerprint density at radius 1 is 1.16 bits per heavy atom. The SMILES string of the molecule is O=C(c1ccc2n[nH]nc2c1)N1C[C@@H](O)C[C@H]1c1cc(F)ccc1F. The zero-order chi connectivity index (χ0) is 17.6. The number of aromatic nitrogens is 3. The molecular formula is C17H14F2N4O2. The van der Waals surface area contributed by atoms with Crippen LogP contribution in [0, 0.1) is 11.6 Å². The molecule has 128 valence electrons. The number of H-pyrrole nitrogens is 1. The number of aromatic amines is 1. The van der Waals surface area contributed by atoms with Crippen molar-refractivity contribution in [3.63, 3.8) is 0 Å². The molecule has 0 bridgehead atoms. The van der Waals surface area contributed by atoms with Crippen LogP contribution in [0.15, 0.2) is 36.4 Å². The van der Waals surface area contributed by atoms with Crippen molar-refractivity contribution in [2.24, 2.45) is 0 Å². The Morgan fingerprint density at radius 3 is 2.80 bits per heavy atom. The van der Waals surface area contributed by atoms with Gasteiger partial charge in [0.25, 0.3) is 5.91 Å². The number of β-amino-alcohol motifs (C(OH)–C–C–N with tert-alkyl or cyclic N) is 1. The molecule has 1 amide bonds. The molecule has 0 radical (unpaired) electrons. The minimum atomic E-state index is -0.799. The van der Waals surface area contributed by atoms with E-state index in [1.165, 1.54) is 4.90 Å². The van der Waals surface area contributed by atoms with Crippen molar-refractivity contribution < 1.29 is 18.7 Å². The number of halogens is 2. The van der Waals surface area contributed by atoms with E-state index in [0.29, 0.717) is 16.6 Å². The molecule has 6 nitrogen and oxygen atoms in total. The van der Waals surface area contributed by atoms with Gasteiger partial charge in [0.2, 0.25) is 0 Å². The second-order valence-electron chi connectivity index (χ2n) is 6.06. The van der Waals surface area contributed by atoms with E-state index in [1.54, 1.807) is 18.2 Å². The van der Waals surface area contributed by atoms with Gasteiger partial charge in [0.1, 0.15) is 22.7 Å². The summed E-state index contributed by atoms with van der Waals surface area (Å²) in [6.45, 7) is 0.0519. The minimum Gasteiger partial charge on any atom is -0.391 e. The first-order valence-corrected chi connectivity index (χ1v) is 7.77. The number of rotatable bonds is 2. The Labute approximate surface area is 141 Å². The maximum Gasteiger partial charge on any atom is 0.254 e. The van der Waals surface area contributed by atoms with Crippen molar-refractivity contribution in [2.45, 2.75) is 18.6 Å². The summed E-state index contributed by atoms with van der Waals surface area (Å²) in [4.78, 5) is 14.2. The molecular weight excluding hydrogens is 330 g/mol. The number of carbonyl (C=O) groups excluding carboxylic acids is 1. The number of nitrogens with zero attached hydrogens (tertiary/aromatic N) is 3. The first kappa shape index (κ1) is 15.6. The Balaban J connectivity index is 1.71. The van der Waals surface area contributed by atoms with Crippen molar-refractivity contribution in [3.05, 3.63) is 59.2 Å². The van der Waals surface area contributed by atoms with Crippen molar-refractivity contribution in [2.75, 3.05) is 6.54 Å². The molecule has 2 N–H and O–H groups in total. The van der Waals surface area contributed by atoms with Gasteiger partial charge in [0.15, 0.2) is 0 Å². The fourth-order valence-corrected chi connectivity index (χ4v) is 3.24. The lowest BCUT2D eigenvalue weighted by atomic mass is 10.0. The molecule has 0 aliphatic carbocycles. The second-order valence-corrected chi connectivity index (χ2v) is 6.06. The molecule has 0 saturated carbocycles. The van der Waals surface area contributed by atoms with Gasteiger partial charge in [-0.1, -0.05) is 0 Å². The zero-order valence-corrected chi connectivity index (χ0v) is 13.0. The quantitative estimate of drug-likeness (QED) is 0.747. The number of aliphatic hydroxyl groups excluding tert-OH is 1. The van der Waals surface area contributed by atoms with Crippen molar-refractivity contribution in [1.29, 1.82) is 0 Å². The number of hydrogen-bond acceptors (Lipinski definition) is 4. The Morgan fingerprint density at radius 2 is 1.96 bits per heavy atom. The lowest BCUT2D eigenvalue weighted by Crippen LogP contribution is -2.32. The number of carbonyl (C=O) groups is 1. The lowest BCUT2D eigenvalue weighted by molar-refractivity contribution is 0.0714. The molecule has 1 aliphatic heterocycles. The van der Waals surface area contributed by atoms with Crippen molar-refractivity contribution >= 4 is 16.9 Å². The van der Waals surface area contributed by atoms with E-state index in [2.05, 4.69) is 15.4 Å². The Kier molecular flexibility index (Phi) is 3.69. The molecule has 2 heterocycles. The molecule has 1 fully saturated rings. The molecule has 0 spiro atoms. The fourth-order valence-electron chi connectivity index (χ4n) is 3.24. The topological polar surface area (TPSA) is 82.1 Å². The van der Waals surface area contributed by atoms with Crippen LogP contribution in [0.4, 0.5) is 8.78 Å². The van der Waals surface area contributed by atoms with E-state index < -0.39 is 23.8 Å². The third kappa shape index (κ3) is 2.74. The van der Waals surface area contributed by atoms with Crippen molar-refractivity contribution in [3.8, 4) is 0 Å². The average Bonchev–Trinajstić information content (AvgIpc) is 3.22. The number of fused-ring (bicyclic) bond motifs is 1. The van der Waals surface area contributed by atoms with Crippen LogP contribution < -0.4 is 0 Å². The van der Waals surface area contributed by atoms with Gasteiger partial charge in [-0.3, -0.25) is 4.79 Å². The third-order valence-electron chi connectivity index (χ3n) is 4.42. The number of likely N-dealkylation sites (tertiary alicyclic amines) is 1. The van der Waals surface area contributed by atoms with Gasteiger partial charge in [-0.25, -0.2) is 8.78 Å². The third-order valence-corrected chi connectivity index (χ3v) is 4.42. The molecule has 1 aliphatic rings. The van der Waals surface area contributed by atoms with Crippen LogP contribution in [0.25, 0.3) is 11.0 Å². The summed E-state index contributed by atoms with van der Waals surface area (Å²) >= 11 is 0. The van der Waals surface area contributed by atoms with Gasteiger partial charge in [-0.2, -0.15) is 15.4 Å². The van der Waals surface area contributed by atoms with Gasteiger partial charge in [-0.05, 0) is 42.8 Å². The molecule has 2 atom stereocenters. The maximum absolute atomic E-state index is 14.1. The predicted octanol–water partition coefficient (Wildman–Crippen LogP) is 2.18. The molecule has 25 heavy (non-hydrogen) atoms. The van der Waals surface area contributed by atoms with Crippen LogP contribution in [0.2, 0.25) is 0 Å². The first-order chi connectivity index (χ1) is 12.0. The summed E-state index contributed by atoms with van der Waals surface area (Å²) in [5.74, 6) is -1.57. The normalized spacial score (nSPS) is 20.4. The smallest absolute Gasteiger partial charge is 0.254 e. The maximum atomic E-state index is 14.1. The van der Waals surface area contributed by atoms with Crippen LogP contribution in [-0.4, -0.2) is 44.0 Å². The molecule has 1 aromatic heterocycles. The van der Waals surface area contributed by atoms with E-state index in [1.807, 2.05) is 0 Å². The summed E-state index contributed by atoms with van der Waals surface area (Å²) in [7, 11) is 0. The zero-order valence-electron chi connectivity index (χ0n) is 13.0. The summed E-state index contributed by atoms with van der Waals surface area (Å²) in [6.07, 6.45) is -0.648. The first-order valence-electron chi connectivity index (χ1n) is 7.77. The van der Waals surface area contributed by atoms with E-state index in [4.69, 9.17) is 0 Å². The molecule has 4 rings (SSSR count). The van der Waals surface area contributed by atoms with Crippen molar-refractivity contribution in [1.82, 2.24) is 20.3 Å². The highest BCUT2D eigenvalue weighted by atomic mass is 19.1. The van der Waals surface area contributed by atoms with Gasteiger partial charge < -0.3 is 10.0 Å². The lowest BCUT2D eigenvalue weighted by Gasteiger charge is -2.25. The average molecular weight is 344 g/mol. The molecule has 0 unspecified atom stereocenters. The summed E-state index contributed by atoms with van der Waals surface area (Å²) in [5, 5.41) is 20.3. The Bertz CT molecular complexity index is 959. The van der Waals surface area contributed by atoms with Crippen LogP contribution in [0.3, 0.4) is 0 Å².